The van der Waals surface area contributed by atoms with Crippen LogP contribution in [0.2, 0.25) is 0 Å². The van der Waals surface area contributed by atoms with Crippen LogP contribution in [0.1, 0.15) is 33.6 Å². The second-order valence-electron chi connectivity index (χ2n) is 5.61. The highest BCUT2D eigenvalue weighted by Crippen LogP contribution is 2.41. The first-order chi connectivity index (χ1) is 8.96. The summed E-state index contributed by atoms with van der Waals surface area (Å²) in [6.45, 7) is 6.84. The Kier molecular flexibility index (Phi) is 6.23. The van der Waals surface area contributed by atoms with E-state index in [1.54, 1.807) is 7.11 Å². The van der Waals surface area contributed by atoms with E-state index >= 15 is 0 Å². The van der Waals surface area contributed by atoms with Crippen molar-refractivity contribution in [1.29, 1.82) is 0 Å². The molecule has 0 aromatic heterocycles. The SMILES string of the molecule is COCC(C)OCC(NC(C)C)(C(=O)OC)C1CC1. The predicted molar refractivity (Wildman–Crippen MR) is 73.0 cm³/mol. The number of hydrogen-bond acceptors (Lipinski definition) is 5. The third-order valence-corrected chi connectivity index (χ3v) is 3.37. The van der Waals surface area contributed by atoms with E-state index in [0.717, 1.165) is 12.8 Å². The number of rotatable bonds is 9. The zero-order valence-corrected chi connectivity index (χ0v) is 12.7. The lowest BCUT2D eigenvalue weighted by molar-refractivity contribution is -0.155. The number of methoxy groups -OCH3 is 2. The van der Waals surface area contributed by atoms with Crippen LogP contribution in [0.15, 0.2) is 0 Å². The summed E-state index contributed by atoms with van der Waals surface area (Å²) in [4.78, 5) is 12.2. The molecular weight excluding hydrogens is 246 g/mol. The standard InChI is InChI=1S/C14H27NO4/c1-10(2)15-14(12-6-7-12,13(16)18-5)9-19-11(3)8-17-4/h10-12,15H,6-9H2,1-5H3. The maximum atomic E-state index is 12.2. The van der Waals surface area contributed by atoms with Crippen LogP contribution in [0, 0.1) is 5.92 Å². The molecule has 0 bridgehead atoms. The Morgan fingerprint density at radius 3 is 2.37 bits per heavy atom. The lowest BCUT2D eigenvalue weighted by atomic mass is 9.93. The number of hydrogen-bond donors (Lipinski definition) is 1. The Morgan fingerprint density at radius 2 is 1.95 bits per heavy atom. The van der Waals surface area contributed by atoms with Crippen molar-refractivity contribution < 1.29 is 19.0 Å². The summed E-state index contributed by atoms with van der Waals surface area (Å²) in [5.74, 6) is 0.0745. The van der Waals surface area contributed by atoms with Crippen molar-refractivity contribution in [3.05, 3.63) is 0 Å². The van der Waals surface area contributed by atoms with Crippen molar-refractivity contribution >= 4 is 5.97 Å². The van der Waals surface area contributed by atoms with E-state index in [0.29, 0.717) is 19.1 Å². The van der Waals surface area contributed by atoms with E-state index in [9.17, 15) is 4.79 Å². The van der Waals surface area contributed by atoms with Crippen LogP contribution < -0.4 is 5.32 Å². The molecule has 0 aromatic rings. The van der Waals surface area contributed by atoms with Gasteiger partial charge in [-0.1, -0.05) is 0 Å². The van der Waals surface area contributed by atoms with Crippen LogP contribution in [0.3, 0.4) is 0 Å². The maximum absolute atomic E-state index is 12.2. The zero-order chi connectivity index (χ0) is 14.5. The lowest BCUT2D eigenvalue weighted by Crippen LogP contribution is -2.60. The normalized spacial score (nSPS) is 20.1. The smallest absolute Gasteiger partial charge is 0.328 e. The number of esters is 1. The van der Waals surface area contributed by atoms with E-state index < -0.39 is 5.54 Å². The summed E-state index contributed by atoms with van der Waals surface area (Å²) in [5, 5.41) is 3.36. The Hall–Kier alpha value is -0.650. The van der Waals surface area contributed by atoms with Crippen molar-refractivity contribution in [2.75, 3.05) is 27.4 Å². The Balaban J connectivity index is 2.74. The number of ether oxygens (including phenoxy) is 3. The zero-order valence-electron chi connectivity index (χ0n) is 12.7. The molecule has 0 saturated heterocycles. The fourth-order valence-electron chi connectivity index (χ4n) is 2.39. The van der Waals surface area contributed by atoms with Gasteiger partial charge in [0, 0.05) is 13.2 Å². The molecular formula is C14H27NO4. The van der Waals surface area contributed by atoms with Crippen molar-refractivity contribution in [3.8, 4) is 0 Å². The van der Waals surface area contributed by atoms with E-state index in [1.807, 2.05) is 20.8 Å². The fraction of sp³-hybridized carbons (Fsp3) is 0.929. The fourth-order valence-corrected chi connectivity index (χ4v) is 2.39. The topological polar surface area (TPSA) is 56.8 Å². The minimum Gasteiger partial charge on any atom is -0.468 e. The third kappa shape index (κ3) is 4.44. The molecule has 0 aromatic carbocycles. The molecule has 5 heteroatoms. The molecule has 1 aliphatic rings. The summed E-state index contributed by atoms with van der Waals surface area (Å²) in [6.07, 6.45) is 2.04. The Labute approximate surface area is 116 Å². The van der Waals surface area contributed by atoms with Crippen LogP contribution in [-0.4, -0.2) is 51.1 Å². The second-order valence-corrected chi connectivity index (χ2v) is 5.61. The van der Waals surface area contributed by atoms with Gasteiger partial charge in [-0.2, -0.15) is 0 Å². The van der Waals surface area contributed by atoms with Gasteiger partial charge in [-0.05, 0) is 39.5 Å². The van der Waals surface area contributed by atoms with E-state index in [-0.39, 0.29) is 18.1 Å². The first kappa shape index (κ1) is 16.4. The number of carbonyl (C=O) groups excluding carboxylic acids is 1. The predicted octanol–water partition coefficient (Wildman–Crippen LogP) is 1.36. The third-order valence-electron chi connectivity index (χ3n) is 3.37. The highest BCUT2D eigenvalue weighted by molar-refractivity contribution is 5.82. The molecule has 1 aliphatic carbocycles. The highest BCUT2D eigenvalue weighted by Gasteiger charge is 2.52. The van der Waals surface area contributed by atoms with Crippen LogP contribution in [-0.2, 0) is 19.0 Å². The molecule has 0 aliphatic heterocycles. The molecule has 0 amide bonds. The van der Waals surface area contributed by atoms with Crippen LogP contribution >= 0.6 is 0 Å². The average Bonchev–Trinajstić information content (AvgIpc) is 3.18. The Morgan fingerprint density at radius 1 is 1.32 bits per heavy atom. The summed E-state index contributed by atoms with van der Waals surface area (Å²) in [5.41, 5.74) is -0.717. The van der Waals surface area contributed by atoms with Gasteiger partial charge >= 0.3 is 5.97 Å². The van der Waals surface area contributed by atoms with Gasteiger partial charge in [0.25, 0.3) is 0 Å². The largest absolute Gasteiger partial charge is 0.468 e. The first-order valence-corrected chi connectivity index (χ1v) is 6.93. The van der Waals surface area contributed by atoms with Gasteiger partial charge in [-0.3, -0.25) is 5.32 Å². The number of nitrogens with one attached hydrogen (secondary N) is 1. The van der Waals surface area contributed by atoms with Gasteiger partial charge in [0.2, 0.25) is 0 Å². The summed E-state index contributed by atoms with van der Waals surface area (Å²) in [7, 11) is 3.07. The quantitative estimate of drug-likeness (QED) is 0.643. The van der Waals surface area contributed by atoms with Crippen LogP contribution in [0.4, 0.5) is 0 Å². The molecule has 0 radical (unpaired) electrons. The van der Waals surface area contributed by atoms with Crippen LogP contribution in [0.25, 0.3) is 0 Å². The molecule has 2 unspecified atom stereocenters. The second kappa shape index (κ2) is 7.22. The first-order valence-electron chi connectivity index (χ1n) is 6.93. The highest BCUT2D eigenvalue weighted by atomic mass is 16.5. The van der Waals surface area contributed by atoms with Crippen molar-refractivity contribution in [2.24, 2.45) is 5.92 Å². The minimum atomic E-state index is -0.717. The molecule has 112 valence electrons. The molecule has 2 atom stereocenters. The molecule has 19 heavy (non-hydrogen) atoms. The van der Waals surface area contributed by atoms with E-state index in [2.05, 4.69) is 5.32 Å². The van der Waals surface area contributed by atoms with Crippen molar-refractivity contribution in [2.45, 2.75) is 51.3 Å². The minimum absolute atomic E-state index is 0.0401. The monoisotopic (exact) mass is 273 g/mol. The van der Waals surface area contributed by atoms with Crippen molar-refractivity contribution in [1.82, 2.24) is 5.32 Å². The molecule has 0 spiro atoms. The van der Waals surface area contributed by atoms with Crippen LogP contribution in [0.5, 0.6) is 0 Å². The van der Waals surface area contributed by atoms with E-state index in [4.69, 9.17) is 14.2 Å². The molecule has 0 heterocycles. The van der Waals surface area contributed by atoms with Gasteiger partial charge in [-0.25, -0.2) is 4.79 Å². The molecule has 1 N–H and O–H groups in total. The average molecular weight is 273 g/mol. The maximum Gasteiger partial charge on any atom is 0.328 e. The molecule has 1 saturated carbocycles. The summed E-state index contributed by atoms with van der Waals surface area (Å²) < 4.78 is 15.8. The van der Waals surface area contributed by atoms with Gasteiger partial charge in [-0.15, -0.1) is 0 Å². The summed E-state index contributed by atoms with van der Waals surface area (Å²) >= 11 is 0. The molecule has 1 rings (SSSR count). The van der Waals surface area contributed by atoms with Crippen molar-refractivity contribution in [3.63, 3.8) is 0 Å². The van der Waals surface area contributed by atoms with Gasteiger partial charge < -0.3 is 14.2 Å². The number of carbonyl (C=O) groups is 1. The van der Waals surface area contributed by atoms with Gasteiger partial charge in [0.15, 0.2) is 0 Å². The summed E-state index contributed by atoms with van der Waals surface area (Å²) in [6, 6.07) is 0.195. The molecule has 5 nitrogen and oxygen atoms in total. The van der Waals surface area contributed by atoms with Gasteiger partial charge in [0.1, 0.15) is 5.54 Å². The van der Waals surface area contributed by atoms with E-state index in [1.165, 1.54) is 7.11 Å². The lowest BCUT2D eigenvalue weighted by Gasteiger charge is -2.34. The Bertz CT molecular complexity index is 291. The van der Waals surface area contributed by atoms with Gasteiger partial charge in [0.05, 0.1) is 26.4 Å². The molecule has 1 fully saturated rings.